The molecule has 2 saturated heterocycles. The van der Waals surface area contributed by atoms with Crippen LogP contribution in [0.5, 0.6) is 0 Å². The summed E-state index contributed by atoms with van der Waals surface area (Å²) in [5.74, 6) is -0.184. The van der Waals surface area contributed by atoms with Gasteiger partial charge in [-0.15, -0.1) is 0 Å². The second-order valence-corrected chi connectivity index (χ2v) is 6.81. The zero-order valence-electron chi connectivity index (χ0n) is 14.6. The first-order chi connectivity index (χ1) is 12.7. The second-order valence-electron chi connectivity index (χ2n) is 6.81. The van der Waals surface area contributed by atoms with E-state index in [0.717, 1.165) is 32.6 Å². The fraction of sp³-hybridized carbons (Fsp3) is 0.421. The van der Waals surface area contributed by atoms with Crippen molar-refractivity contribution in [3.8, 4) is 11.4 Å². The minimum absolute atomic E-state index is 0.184. The topological polar surface area (TPSA) is 81.3 Å². The number of hydrogen-bond acceptors (Lipinski definition) is 5. The van der Waals surface area contributed by atoms with Gasteiger partial charge in [-0.25, -0.2) is 0 Å². The number of likely N-dealkylation sites (tertiary alicyclic amines) is 1. The highest BCUT2D eigenvalue weighted by molar-refractivity contribution is 5.94. The van der Waals surface area contributed by atoms with E-state index in [1.807, 2.05) is 18.2 Å². The summed E-state index contributed by atoms with van der Waals surface area (Å²) >= 11 is 0. The molecule has 2 aromatic heterocycles. The number of rotatable bonds is 3. The first-order valence-electron chi connectivity index (χ1n) is 9.11. The van der Waals surface area contributed by atoms with Gasteiger partial charge in [0.1, 0.15) is 5.56 Å². The van der Waals surface area contributed by atoms with Gasteiger partial charge in [-0.05, 0) is 30.7 Å². The lowest BCUT2D eigenvalue weighted by Crippen LogP contribution is -2.49. The summed E-state index contributed by atoms with van der Waals surface area (Å²) in [6, 6.07) is 9.27. The molecule has 2 fully saturated rings. The minimum atomic E-state index is -0.358. The van der Waals surface area contributed by atoms with Gasteiger partial charge in [-0.2, -0.15) is 0 Å². The Morgan fingerprint density at radius 2 is 1.96 bits per heavy atom. The van der Waals surface area contributed by atoms with Crippen LogP contribution in [0.2, 0.25) is 0 Å². The van der Waals surface area contributed by atoms with Crippen LogP contribution in [0.25, 0.3) is 11.4 Å². The van der Waals surface area contributed by atoms with Crippen molar-refractivity contribution in [1.29, 1.82) is 0 Å². The second kappa shape index (κ2) is 7.39. The van der Waals surface area contributed by atoms with Crippen LogP contribution in [0.15, 0.2) is 41.3 Å². The SMILES string of the molecule is O=C(c1ccc(-c2ccccn2)[nH]c1=O)N1CCC(N2CCNCC2)C1. The van der Waals surface area contributed by atoms with Crippen molar-refractivity contribution in [3.05, 3.63) is 52.4 Å². The molecule has 0 spiro atoms. The van der Waals surface area contributed by atoms with Gasteiger partial charge in [0.25, 0.3) is 11.5 Å². The predicted molar refractivity (Wildman–Crippen MR) is 99.0 cm³/mol. The number of nitrogens with zero attached hydrogens (tertiary/aromatic N) is 3. The third-order valence-corrected chi connectivity index (χ3v) is 5.20. The van der Waals surface area contributed by atoms with E-state index >= 15 is 0 Å². The Kier molecular flexibility index (Phi) is 4.81. The average molecular weight is 353 g/mol. The Labute approximate surface area is 152 Å². The van der Waals surface area contributed by atoms with Gasteiger partial charge in [-0.3, -0.25) is 19.5 Å². The molecule has 0 aromatic carbocycles. The van der Waals surface area contributed by atoms with Crippen LogP contribution in [0, 0.1) is 0 Å². The van der Waals surface area contributed by atoms with Crippen molar-refractivity contribution in [2.75, 3.05) is 39.3 Å². The molecule has 2 aliphatic rings. The van der Waals surface area contributed by atoms with Crippen molar-refractivity contribution < 1.29 is 4.79 Å². The van der Waals surface area contributed by atoms with Crippen LogP contribution in [0.4, 0.5) is 0 Å². The quantitative estimate of drug-likeness (QED) is 0.843. The van der Waals surface area contributed by atoms with E-state index < -0.39 is 0 Å². The molecule has 2 N–H and O–H groups in total. The van der Waals surface area contributed by atoms with Gasteiger partial charge < -0.3 is 15.2 Å². The maximum atomic E-state index is 12.8. The van der Waals surface area contributed by atoms with Crippen LogP contribution < -0.4 is 10.9 Å². The molecule has 1 atom stereocenters. The predicted octanol–water partition coefficient (Wildman–Crippen LogP) is 0.557. The summed E-state index contributed by atoms with van der Waals surface area (Å²) in [5, 5.41) is 3.35. The number of piperazine rings is 1. The fourth-order valence-electron chi connectivity index (χ4n) is 3.76. The van der Waals surface area contributed by atoms with Crippen molar-refractivity contribution in [2.45, 2.75) is 12.5 Å². The van der Waals surface area contributed by atoms with Gasteiger partial charge >= 0.3 is 0 Å². The van der Waals surface area contributed by atoms with E-state index in [-0.39, 0.29) is 17.0 Å². The summed E-state index contributed by atoms with van der Waals surface area (Å²) in [6.45, 7) is 5.44. The molecule has 1 unspecified atom stereocenters. The van der Waals surface area contributed by atoms with Crippen molar-refractivity contribution in [3.63, 3.8) is 0 Å². The number of amides is 1. The standard InChI is InChI=1S/C19H23N5O2/c25-18-15(4-5-17(22-18)16-3-1-2-7-21-16)19(26)24-10-6-14(13-24)23-11-8-20-9-12-23/h1-5,7,14,20H,6,8-13H2,(H,22,25). The Morgan fingerprint density at radius 1 is 1.12 bits per heavy atom. The zero-order chi connectivity index (χ0) is 17.9. The van der Waals surface area contributed by atoms with E-state index in [1.54, 1.807) is 23.2 Å². The molecule has 26 heavy (non-hydrogen) atoms. The summed E-state index contributed by atoms with van der Waals surface area (Å²) in [5.41, 5.74) is 1.14. The number of H-pyrrole nitrogens is 1. The number of hydrogen-bond donors (Lipinski definition) is 2. The Bertz CT molecular complexity index is 829. The molecular weight excluding hydrogens is 330 g/mol. The van der Waals surface area contributed by atoms with Gasteiger partial charge in [0.05, 0.1) is 11.4 Å². The Hall–Kier alpha value is -2.51. The van der Waals surface area contributed by atoms with Crippen LogP contribution in [0.1, 0.15) is 16.8 Å². The molecule has 0 aliphatic carbocycles. The summed E-state index contributed by atoms with van der Waals surface area (Å²) in [7, 11) is 0. The number of aromatic amines is 1. The fourth-order valence-corrected chi connectivity index (χ4v) is 3.76. The molecule has 136 valence electrons. The van der Waals surface area contributed by atoms with Gasteiger partial charge in [0.15, 0.2) is 0 Å². The normalized spacial score (nSPS) is 21.1. The van der Waals surface area contributed by atoms with Crippen LogP contribution in [-0.2, 0) is 0 Å². The Morgan fingerprint density at radius 3 is 2.69 bits per heavy atom. The third-order valence-electron chi connectivity index (χ3n) is 5.20. The molecule has 2 aromatic rings. The lowest BCUT2D eigenvalue weighted by molar-refractivity contribution is 0.0771. The summed E-state index contributed by atoms with van der Waals surface area (Å²) in [4.78, 5) is 36.5. The lowest BCUT2D eigenvalue weighted by atomic mass is 10.2. The number of carbonyl (C=O) groups excluding carboxylic acids is 1. The smallest absolute Gasteiger partial charge is 0.261 e. The van der Waals surface area contributed by atoms with Crippen LogP contribution in [0.3, 0.4) is 0 Å². The van der Waals surface area contributed by atoms with E-state index in [1.165, 1.54) is 0 Å². The molecule has 2 aliphatic heterocycles. The van der Waals surface area contributed by atoms with Gasteiger partial charge in [0, 0.05) is 51.5 Å². The van der Waals surface area contributed by atoms with E-state index in [4.69, 9.17) is 0 Å². The lowest BCUT2D eigenvalue weighted by Gasteiger charge is -2.32. The maximum absolute atomic E-state index is 12.8. The van der Waals surface area contributed by atoms with Crippen molar-refractivity contribution >= 4 is 5.91 Å². The van der Waals surface area contributed by atoms with Crippen LogP contribution >= 0.6 is 0 Å². The molecule has 1 amide bonds. The summed E-state index contributed by atoms with van der Waals surface area (Å²) in [6.07, 6.45) is 2.64. The highest BCUT2D eigenvalue weighted by Crippen LogP contribution is 2.18. The number of pyridine rings is 2. The molecule has 7 nitrogen and oxygen atoms in total. The monoisotopic (exact) mass is 353 g/mol. The summed E-state index contributed by atoms with van der Waals surface area (Å²) < 4.78 is 0. The molecule has 0 radical (unpaired) electrons. The van der Waals surface area contributed by atoms with Gasteiger partial charge in [0.2, 0.25) is 0 Å². The molecule has 0 bridgehead atoms. The van der Waals surface area contributed by atoms with E-state index in [9.17, 15) is 9.59 Å². The average Bonchev–Trinajstić information content (AvgIpc) is 3.19. The van der Waals surface area contributed by atoms with Gasteiger partial charge in [-0.1, -0.05) is 6.07 Å². The maximum Gasteiger partial charge on any atom is 0.261 e. The van der Waals surface area contributed by atoms with E-state index in [0.29, 0.717) is 30.5 Å². The van der Waals surface area contributed by atoms with Crippen LogP contribution in [-0.4, -0.2) is 71.0 Å². The number of aromatic nitrogens is 2. The number of nitrogens with one attached hydrogen (secondary N) is 2. The highest BCUT2D eigenvalue weighted by atomic mass is 16.2. The van der Waals surface area contributed by atoms with Crippen molar-refractivity contribution in [1.82, 2.24) is 25.1 Å². The molecule has 7 heteroatoms. The Balaban J connectivity index is 1.47. The highest BCUT2D eigenvalue weighted by Gasteiger charge is 2.32. The third kappa shape index (κ3) is 3.40. The largest absolute Gasteiger partial charge is 0.337 e. The molecule has 4 rings (SSSR count). The van der Waals surface area contributed by atoms with Crippen molar-refractivity contribution in [2.24, 2.45) is 0 Å². The zero-order valence-corrected chi connectivity index (χ0v) is 14.6. The number of carbonyl (C=O) groups is 1. The minimum Gasteiger partial charge on any atom is -0.337 e. The first-order valence-corrected chi connectivity index (χ1v) is 9.11. The van der Waals surface area contributed by atoms with E-state index in [2.05, 4.69) is 20.2 Å². The molecular formula is C19H23N5O2. The first kappa shape index (κ1) is 16.9. The molecule has 4 heterocycles. The molecule has 0 saturated carbocycles.